The van der Waals surface area contributed by atoms with Gasteiger partial charge in [0.1, 0.15) is 6.04 Å². The molecule has 3 amide bonds. The van der Waals surface area contributed by atoms with Crippen LogP contribution < -0.4 is 10.6 Å². The second kappa shape index (κ2) is 7.44. The molecule has 1 fully saturated rings. The number of fused-ring (bicyclic) bond motifs is 1. The summed E-state index contributed by atoms with van der Waals surface area (Å²) in [6, 6.07) is 7.26. The van der Waals surface area contributed by atoms with E-state index >= 15 is 0 Å². The summed E-state index contributed by atoms with van der Waals surface area (Å²) >= 11 is 0. The number of urea groups is 1. The Morgan fingerprint density at radius 3 is 2.84 bits per heavy atom. The normalized spacial score (nSPS) is 25.1. The number of nitrogens with zero attached hydrogens (tertiary/aromatic N) is 2. The molecule has 3 unspecified atom stereocenters. The predicted octanol–water partition coefficient (Wildman–Crippen LogP) is 2.27. The first kappa shape index (κ1) is 17.7. The minimum atomic E-state index is -0.462. The summed E-state index contributed by atoms with van der Waals surface area (Å²) in [5, 5.41) is 6.14. The monoisotopic (exact) mass is 344 g/mol. The molecule has 0 spiro atoms. The zero-order chi connectivity index (χ0) is 18.0. The van der Waals surface area contributed by atoms with Gasteiger partial charge < -0.3 is 20.4 Å². The number of nitrogens with one attached hydrogen (secondary N) is 2. The summed E-state index contributed by atoms with van der Waals surface area (Å²) in [5.41, 5.74) is 1.78. The number of benzene rings is 1. The molecule has 0 saturated carbocycles. The summed E-state index contributed by atoms with van der Waals surface area (Å²) in [6.45, 7) is 6.37. The van der Waals surface area contributed by atoms with E-state index in [2.05, 4.69) is 29.5 Å². The van der Waals surface area contributed by atoms with Crippen molar-refractivity contribution in [2.75, 3.05) is 25.5 Å². The molecule has 2 aliphatic rings. The molecule has 2 aliphatic heterocycles. The van der Waals surface area contributed by atoms with Gasteiger partial charge in [-0.05, 0) is 37.6 Å². The van der Waals surface area contributed by atoms with Gasteiger partial charge in [0, 0.05) is 18.3 Å². The van der Waals surface area contributed by atoms with Crippen LogP contribution in [0.5, 0.6) is 0 Å². The Morgan fingerprint density at radius 1 is 1.40 bits per heavy atom. The molecule has 0 bridgehead atoms. The van der Waals surface area contributed by atoms with E-state index in [1.807, 2.05) is 31.2 Å². The first-order chi connectivity index (χ1) is 12.0. The van der Waals surface area contributed by atoms with Crippen LogP contribution in [-0.4, -0.2) is 54.0 Å². The fraction of sp³-hybridized carbons (Fsp3) is 0.579. The van der Waals surface area contributed by atoms with Crippen LogP contribution in [0.3, 0.4) is 0 Å². The van der Waals surface area contributed by atoms with Gasteiger partial charge in [-0.1, -0.05) is 38.5 Å². The molecule has 136 valence electrons. The number of carbonyl (C=O) groups is 2. The number of para-hydroxylation sites is 1. The quantitative estimate of drug-likeness (QED) is 0.884. The number of likely N-dealkylation sites (N-methyl/N-ethyl adjacent to an activating group) is 1. The van der Waals surface area contributed by atoms with Crippen LogP contribution in [0.2, 0.25) is 0 Å². The number of carbonyl (C=O) groups excluding carboxylic acids is 2. The summed E-state index contributed by atoms with van der Waals surface area (Å²) in [5.74, 6) is -0.00990. The van der Waals surface area contributed by atoms with E-state index in [9.17, 15) is 9.59 Å². The molecule has 6 heteroatoms. The second-order valence-corrected chi connectivity index (χ2v) is 7.30. The minimum Gasteiger partial charge on any atom is -0.334 e. The summed E-state index contributed by atoms with van der Waals surface area (Å²) in [4.78, 5) is 29.8. The van der Waals surface area contributed by atoms with Crippen molar-refractivity contribution in [2.24, 2.45) is 5.92 Å². The molecule has 1 aromatic carbocycles. The number of likely N-dealkylation sites (tertiary alicyclic amines) is 1. The SMILES string of the molecule is CCC(C)C1C(=O)Nc2ccccc2CN1C(=O)NC1CCN(C)C1. The fourth-order valence-corrected chi connectivity index (χ4v) is 3.71. The topological polar surface area (TPSA) is 64.7 Å². The molecule has 0 aliphatic carbocycles. The molecule has 0 radical (unpaired) electrons. The second-order valence-electron chi connectivity index (χ2n) is 7.30. The van der Waals surface area contributed by atoms with E-state index < -0.39 is 6.04 Å². The van der Waals surface area contributed by atoms with Gasteiger partial charge >= 0.3 is 6.03 Å². The number of anilines is 1. The van der Waals surface area contributed by atoms with Gasteiger partial charge in [0.25, 0.3) is 0 Å². The first-order valence-electron chi connectivity index (χ1n) is 9.14. The average Bonchev–Trinajstić information content (AvgIpc) is 2.92. The van der Waals surface area contributed by atoms with Gasteiger partial charge in [0.15, 0.2) is 0 Å². The lowest BCUT2D eigenvalue weighted by Gasteiger charge is -2.33. The smallest absolute Gasteiger partial charge is 0.318 e. The van der Waals surface area contributed by atoms with Crippen molar-refractivity contribution in [2.45, 2.75) is 45.3 Å². The van der Waals surface area contributed by atoms with Crippen molar-refractivity contribution in [3.8, 4) is 0 Å². The summed E-state index contributed by atoms with van der Waals surface area (Å²) in [7, 11) is 2.06. The van der Waals surface area contributed by atoms with Crippen LogP contribution in [0.1, 0.15) is 32.3 Å². The van der Waals surface area contributed by atoms with E-state index in [-0.39, 0.29) is 23.9 Å². The van der Waals surface area contributed by atoms with Gasteiger partial charge in [-0.15, -0.1) is 0 Å². The summed E-state index contributed by atoms with van der Waals surface area (Å²) in [6.07, 6.45) is 1.79. The van der Waals surface area contributed by atoms with Crippen molar-refractivity contribution >= 4 is 17.6 Å². The lowest BCUT2D eigenvalue weighted by molar-refractivity contribution is -0.121. The largest absolute Gasteiger partial charge is 0.334 e. The molecule has 3 rings (SSSR count). The highest BCUT2D eigenvalue weighted by molar-refractivity contribution is 5.98. The lowest BCUT2D eigenvalue weighted by Crippen LogP contribution is -2.54. The maximum Gasteiger partial charge on any atom is 0.318 e. The highest BCUT2D eigenvalue weighted by Crippen LogP contribution is 2.27. The van der Waals surface area contributed by atoms with E-state index in [0.29, 0.717) is 6.54 Å². The van der Waals surface area contributed by atoms with Gasteiger partial charge in [-0.25, -0.2) is 4.79 Å². The third-order valence-electron chi connectivity index (χ3n) is 5.38. The predicted molar refractivity (Wildman–Crippen MR) is 98.3 cm³/mol. The van der Waals surface area contributed by atoms with E-state index in [1.54, 1.807) is 4.90 Å². The van der Waals surface area contributed by atoms with E-state index in [4.69, 9.17) is 0 Å². The Kier molecular flexibility index (Phi) is 5.27. The molecular formula is C19H28N4O2. The Hall–Kier alpha value is -2.08. The summed E-state index contributed by atoms with van der Waals surface area (Å²) < 4.78 is 0. The third-order valence-corrected chi connectivity index (χ3v) is 5.38. The van der Waals surface area contributed by atoms with E-state index in [1.165, 1.54) is 0 Å². The van der Waals surface area contributed by atoms with Crippen molar-refractivity contribution in [3.05, 3.63) is 29.8 Å². The van der Waals surface area contributed by atoms with Crippen LogP contribution in [-0.2, 0) is 11.3 Å². The number of rotatable bonds is 3. The van der Waals surface area contributed by atoms with Crippen molar-refractivity contribution in [1.82, 2.24) is 15.1 Å². The third kappa shape index (κ3) is 3.79. The van der Waals surface area contributed by atoms with Crippen LogP contribution in [0.4, 0.5) is 10.5 Å². The maximum atomic E-state index is 13.0. The molecule has 6 nitrogen and oxygen atoms in total. The van der Waals surface area contributed by atoms with E-state index in [0.717, 1.165) is 37.2 Å². The van der Waals surface area contributed by atoms with Crippen molar-refractivity contribution < 1.29 is 9.59 Å². The molecule has 3 atom stereocenters. The molecule has 1 aromatic rings. The minimum absolute atomic E-state index is 0.0892. The Labute approximate surface area is 149 Å². The Balaban J connectivity index is 1.85. The van der Waals surface area contributed by atoms with Gasteiger partial charge in [0.05, 0.1) is 6.54 Å². The lowest BCUT2D eigenvalue weighted by atomic mass is 9.97. The maximum absolute atomic E-state index is 13.0. The molecular weight excluding hydrogens is 316 g/mol. The zero-order valence-corrected chi connectivity index (χ0v) is 15.3. The van der Waals surface area contributed by atoms with Crippen molar-refractivity contribution in [1.29, 1.82) is 0 Å². The Morgan fingerprint density at radius 2 is 2.16 bits per heavy atom. The number of hydrogen-bond acceptors (Lipinski definition) is 3. The van der Waals surface area contributed by atoms with Crippen LogP contribution in [0.15, 0.2) is 24.3 Å². The average molecular weight is 344 g/mol. The highest BCUT2D eigenvalue weighted by atomic mass is 16.2. The zero-order valence-electron chi connectivity index (χ0n) is 15.3. The van der Waals surface area contributed by atoms with Gasteiger partial charge in [-0.3, -0.25) is 4.79 Å². The van der Waals surface area contributed by atoms with Crippen LogP contribution in [0, 0.1) is 5.92 Å². The van der Waals surface area contributed by atoms with Gasteiger partial charge in [-0.2, -0.15) is 0 Å². The number of amides is 3. The van der Waals surface area contributed by atoms with Crippen LogP contribution in [0.25, 0.3) is 0 Å². The molecule has 0 aromatic heterocycles. The standard InChI is InChI=1S/C19H28N4O2/c1-4-13(2)17-18(24)21-16-8-6-5-7-14(16)11-23(17)19(25)20-15-9-10-22(3)12-15/h5-8,13,15,17H,4,9-12H2,1-3H3,(H,20,25)(H,21,24). The van der Waals surface area contributed by atoms with Crippen molar-refractivity contribution in [3.63, 3.8) is 0 Å². The van der Waals surface area contributed by atoms with Crippen LogP contribution >= 0.6 is 0 Å². The molecule has 1 saturated heterocycles. The van der Waals surface area contributed by atoms with Gasteiger partial charge in [0.2, 0.25) is 5.91 Å². The number of hydrogen-bond donors (Lipinski definition) is 2. The Bertz CT molecular complexity index is 648. The molecule has 2 N–H and O–H groups in total. The highest BCUT2D eigenvalue weighted by Gasteiger charge is 2.37. The fourth-order valence-electron chi connectivity index (χ4n) is 3.71. The first-order valence-corrected chi connectivity index (χ1v) is 9.14. The molecule has 2 heterocycles. The molecule has 25 heavy (non-hydrogen) atoms.